The van der Waals surface area contributed by atoms with E-state index in [0.29, 0.717) is 5.92 Å². The van der Waals surface area contributed by atoms with Crippen molar-refractivity contribution in [1.29, 1.82) is 0 Å². The molecule has 27 heavy (non-hydrogen) atoms. The standard InChI is InChI=1S/C22H26N2O2.ClH/c1-15(19-13-23-14-19)22(25)24-21(16-6-3-2-4-7-16)18-9-10-20-17(12-18)8-5-11-26-20;/h2-4,6-7,9-10,12,15,19,21,23H,5,8,11,13-14H2,1H3,(H,24,25);1H. The monoisotopic (exact) mass is 386 g/mol. The van der Waals surface area contributed by atoms with Crippen molar-refractivity contribution in [2.75, 3.05) is 19.7 Å². The molecule has 2 N–H and O–H groups in total. The van der Waals surface area contributed by atoms with Gasteiger partial charge in [-0.15, -0.1) is 12.4 Å². The lowest BCUT2D eigenvalue weighted by Crippen LogP contribution is -2.50. The third-order valence-electron chi connectivity index (χ3n) is 5.62. The molecular formula is C22H27ClN2O2. The molecule has 5 heteroatoms. The first-order valence-corrected chi connectivity index (χ1v) is 9.54. The molecular weight excluding hydrogens is 360 g/mol. The van der Waals surface area contributed by atoms with Crippen LogP contribution < -0.4 is 15.4 Å². The molecule has 0 spiro atoms. The van der Waals surface area contributed by atoms with Crippen molar-refractivity contribution >= 4 is 18.3 Å². The number of aryl methyl sites for hydroxylation is 1. The molecule has 2 heterocycles. The highest BCUT2D eigenvalue weighted by molar-refractivity contribution is 5.85. The van der Waals surface area contributed by atoms with Crippen LogP contribution in [-0.2, 0) is 11.2 Å². The van der Waals surface area contributed by atoms with Crippen LogP contribution in [-0.4, -0.2) is 25.6 Å². The number of amides is 1. The van der Waals surface area contributed by atoms with Crippen LogP contribution in [0.4, 0.5) is 0 Å². The smallest absolute Gasteiger partial charge is 0.223 e. The lowest BCUT2D eigenvalue weighted by Gasteiger charge is -2.33. The van der Waals surface area contributed by atoms with Crippen molar-refractivity contribution in [1.82, 2.24) is 10.6 Å². The summed E-state index contributed by atoms with van der Waals surface area (Å²) >= 11 is 0. The largest absolute Gasteiger partial charge is 0.493 e. The molecule has 0 saturated carbocycles. The molecule has 1 fully saturated rings. The lowest BCUT2D eigenvalue weighted by molar-refractivity contribution is -0.127. The Hall–Kier alpha value is -2.04. The number of ether oxygens (including phenoxy) is 1. The number of fused-ring (bicyclic) bond motifs is 1. The molecule has 0 radical (unpaired) electrons. The zero-order valence-corrected chi connectivity index (χ0v) is 16.4. The average Bonchev–Trinajstić information content (AvgIpc) is 2.65. The van der Waals surface area contributed by atoms with Crippen molar-refractivity contribution in [2.45, 2.75) is 25.8 Å². The van der Waals surface area contributed by atoms with Gasteiger partial charge in [-0.1, -0.05) is 43.3 Å². The SMILES string of the molecule is CC(C(=O)NC(c1ccccc1)c1ccc2c(c1)CCCO2)C1CNC1.Cl. The average molecular weight is 387 g/mol. The van der Waals surface area contributed by atoms with Gasteiger partial charge in [0.1, 0.15) is 5.75 Å². The second-order valence-electron chi connectivity index (χ2n) is 7.38. The maximum absolute atomic E-state index is 12.9. The second-order valence-corrected chi connectivity index (χ2v) is 7.38. The normalized spacial score (nSPS) is 18.1. The summed E-state index contributed by atoms with van der Waals surface area (Å²) in [6.07, 6.45) is 2.08. The summed E-state index contributed by atoms with van der Waals surface area (Å²) in [5, 5.41) is 6.55. The van der Waals surface area contributed by atoms with Crippen LogP contribution >= 0.6 is 12.4 Å². The summed E-state index contributed by atoms with van der Waals surface area (Å²) in [7, 11) is 0. The van der Waals surface area contributed by atoms with E-state index in [0.717, 1.165) is 49.4 Å². The van der Waals surface area contributed by atoms with Gasteiger partial charge in [0.25, 0.3) is 0 Å². The van der Waals surface area contributed by atoms with E-state index in [2.05, 4.69) is 34.9 Å². The fourth-order valence-corrected chi connectivity index (χ4v) is 3.72. The Balaban J connectivity index is 0.00000210. The number of rotatable bonds is 5. The maximum atomic E-state index is 12.9. The molecule has 4 nitrogen and oxygen atoms in total. The van der Waals surface area contributed by atoms with Crippen LogP contribution in [0.25, 0.3) is 0 Å². The number of hydrogen-bond acceptors (Lipinski definition) is 3. The van der Waals surface area contributed by atoms with Gasteiger partial charge in [0, 0.05) is 5.92 Å². The lowest BCUT2D eigenvalue weighted by atomic mass is 9.87. The summed E-state index contributed by atoms with van der Waals surface area (Å²) in [5.41, 5.74) is 3.46. The quantitative estimate of drug-likeness (QED) is 0.826. The van der Waals surface area contributed by atoms with E-state index in [9.17, 15) is 4.79 Å². The number of halogens is 1. The zero-order valence-electron chi connectivity index (χ0n) is 15.6. The zero-order chi connectivity index (χ0) is 17.9. The van der Waals surface area contributed by atoms with Gasteiger partial charge in [-0.05, 0) is 60.7 Å². The summed E-state index contributed by atoms with van der Waals surface area (Å²) in [6.45, 7) is 4.68. The van der Waals surface area contributed by atoms with E-state index in [4.69, 9.17) is 4.74 Å². The first kappa shape index (κ1) is 19.7. The van der Waals surface area contributed by atoms with E-state index in [1.54, 1.807) is 0 Å². The topological polar surface area (TPSA) is 50.4 Å². The Morgan fingerprint density at radius 3 is 2.63 bits per heavy atom. The van der Waals surface area contributed by atoms with Crippen LogP contribution in [0.3, 0.4) is 0 Å². The minimum atomic E-state index is -0.133. The second kappa shape index (κ2) is 8.77. The van der Waals surface area contributed by atoms with Crippen molar-refractivity contribution in [2.24, 2.45) is 11.8 Å². The van der Waals surface area contributed by atoms with Gasteiger partial charge in [-0.2, -0.15) is 0 Å². The Morgan fingerprint density at radius 2 is 1.93 bits per heavy atom. The summed E-state index contributed by atoms with van der Waals surface area (Å²) in [6, 6.07) is 16.4. The van der Waals surface area contributed by atoms with Gasteiger partial charge in [0.05, 0.1) is 12.6 Å². The van der Waals surface area contributed by atoms with Gasteiger partial charge in [-0.25, -0.2) is 0 Å². The molecule has 0 bridgehead atoms. The molecule has 144 valence electrons. The fraction of sp³-hybridized carbons (Fsp3) is 0.409. The predicted molar refractivity (Wildman–Crippen MR) is 109 cm³/mol. The van der Waals surface area contributed by atoms with Gasteiger partial charge in [0.2, 0.25) is 5.91 Å². The van der Waals surface area contributed by atoms with Crippen LogP contribution in [0.2, 0.25) is 0 Å². The van der Waals surface area contributed by atoms with E-state index in [1.165, 1.54) is 5.56 Å². The summed E-state index contributed by atoms with van der Waals surface area (Å²) < 4.78 is 5.74. The van der Waals surface area contributed by atoms with Gasteiger partial charge >= 0.3 is 0 Å². The number of benzene rings is 2. The molecule has 2 unspecified atom stereocenters. The molecule has 2 aromatic carbocycles. The molecule has 0 aliphatic carbocycles. The van der Waals surface area contributed by atoms with Crippen molar-refractivity contribution in [3.8, 4) is 5.75 Å². The van der Waals surface area contributed by atoms with Gasteiger partial charge < -0.3 is 15.4 Å². The molecule has 2 atom stereocenters. The van der Waals surface area contributed by atoms with E-state index in [-0.39, 0.29) is 30.3 Å². The maximum Gasteiger partial charge on any atom is 0.223 e. The molecule has 2 aliphatic rings. The van der Waals surface area contributed by atoms with Crippen LogP contribution in [0.15, 0.2) is 48.5 Å². The minimum absolute atomic E-state index is 0. The van der Waals surface area contributed by atoms with Crippen LogP contribution in [0, 0.1) is 11.8 Å². The molecule has 1 amide bonds. The van der Waals surface area contributed by atoms with Crippen LogP contribution in [0.1, 0.15) is 36.1 Å². The van der Waals surface area contributed by atoms with E-state index < -0.39 is 0 Å². The van der Waals surface area contributed by atoms with Gasteiger partial charge in [-0.3, -0.25) is 4.79 Å². The van der Waals surface area contributed by atoms with Crippen molar-refractivity contribution in [3.05, 3.63) is 65.2 Å². The highest BCUT2D eigenvalue weighted by atomic mass is 35.5. The van der Waals surface area contributed by atoms with E-state index in [1.807, 2.05) is 31.2 Å². The van der Waals surface area contributed by atoms with Crippen molar-refractivity contribution < 1.29 is 9.53 Å². The first-order chi connectivity index (χ1) is 12.7. The van der Waals surface area contributed by atoms with Crippen molar-refractivity contribution in [3.63, 3.8) is 0 Å². The van der Waals surface area contributed by atoms with Gasteiger partial charge in [0.15, 0.2) is 0 Å². The highest BCUT2D eigenvalue weighted by Crippen LogP contribution is 2.31. The molecule has 2 aliphatic heterocycles. The van der Waals surface area contributed by atoms with E-state index >= 15 is 0 Å². The van der Waals surface area contributed by atoms with Crippen LogP contribution in [0.5, 0.6) is 5.75 Å². The summed E-state index contributed by atoms with van der Waals surface area (Å²) in [4.78, 5) is 12.9. The highest BCUT2D eigenvalue weighted by Gasteiger charge is 2.30. The number of nitrogens with one attached hydrogen (secondary N) is 2. The number of carbonyl (C=O) groups excluding carboxylic acids is 1. The Labute approximate surface area is 167 Å². The molecule has 0 aromatic heterocycles. The summed E-state index contributed by atoms with van der Waals surface area (Å²) in [5.74, 6) is 1.55. The molecule has 4 rings (SSSR count). The Bertz CT molecular complexity index is 777. The molecule has 2 aromatic rings. The number of carbonyl (C=O) groups is 1. The minimum Gasteiger partial charge on any atom is -0.493 e. The Morgan fingerprint density at radius 1 is 1.15 bits per heavy atom. The first-order valence-electron chi connectivity index (χ1n) is 9.54. The third-order valence-corrected chi connectivity index (χ3v) is 5.62. The third kappa shape index (κ3) is 4.28. The molecule has 1 saturated heterocycles. The predicted octanol–water partition coefficient (Wildman–Crippen LogP) is 3.49. The fourth-order valence-electron chi connectivity index (χ4n) is 3.72. The Kier molecular flexibility index (Phi) is 6.40. The number of hydrogen-bond donors (Lipinski definition) is 2.